The van der Waals surface area contributed by atoms with Gasteiger partial charge >= 0.3 is 0 Å². The van der Waals surface area contributed by atoms with Gasteiger partial charge in [-0.05, 0) is 36.1 Å². The zero-order valence-electron chi connectivity index (χ0n) is 18.7. The van der Waals surface area contributed by atoms with E-state index in [0.717, 1.165) is 43.7 Å². The predicted octanol–water partition coefficient (Wildman–Crippen LogP) is 3.90. The minimum absolute atomic E-state index is 0.00150. The number of anilines is 1. The van der Waals surface area contributed by atoms with E-state index in [-0.39, 0.29) is 17.8 Å². The summed E-state index contributed by atoms with van der Waals surface area (Å²) in [7, 11) is 0. The number of amides is 1. The van der Waals surface area contributed by atoms with E-state index in [0.29, 0.717) is 5.56 Å². The van der Waals surface area contributed by atoms with Gasteiger partial charge in [-0.25, -0.2) is 0 Å². The number of piperidine rings is 1. The lowest BCUT2D eigenvalue weighted by Gasteiger charge is -2.33. The summed E-state index contributed by atoms with van der Waals surface area (Å²) in [5.41, 5.74) is 9.23. The monoisotopic (exact) mass is 441 g/mol. The van der Waals surface area contributed by atoms with Crippen molar-refractivity contribution in [3.05, 3.63) is 102 Å². The van der Waals surface area contributed by atoms with Crippen molar-refractivity contribution in [1.29, 1.82) is 5.41 Å². The summed E-state index contributed by atoms with van der Waals surface area (Å²) in [5, 5.41) is 14.3. The second-order valence-electron chi connectivity index (χ2n) is 8.53. The number of amidine groups is 1. The summed E-state index contributed by atoms with van der Waals surface area (Å²) >= 11 is 0. The second-order valence-corrected chi connectivity index (χ2v) is 8.53. The molecule has 0 aromatic heterocycles. The lowest BCUT2D eigenvalue weighted by Crippen LogP contribution is -2.46. The third kappa shape index (κ3) is 6.20. The number of hydrogen-bond donors (Lipinski definition) is 4. The molecule has 6 nitrogen and oxygen atoms in total. The van der Waals surface area contributed by atoms with Gasteiger partial charge in [0, 0.05) is 36.9 Å². The number of benzene rings is 3. The van der Waals surface area contributed by atoms with Gasteiger partial charge in [0.2, 0.25) is 5.91 Å². The zero-order valence-corrected chi connectivity index (χ0v) is 18.7. The molecule has 1 atom stereocenters. The average molecular weight is 442 g/mol. The number of nitrogens with zero attached hydrogens (tertiary/aromatic N) is 1. The Morgan fingerprint density at radius 1 is 0.970 bits per heavy atom. The molecule has 5 N–H and O–H groups in total. The van der Waals surface area contributed by atoms with Gasteiger partial charge in [0.1, 0.15) is 11.9 Å². The van der Waals surface area contributed by atoms with Gasteiger partial charge in [0.05, 0.1) is 0 Å². The van der Waals surface area contributed by atoms with Crippen LogP contribution in [0.2, 0.25) is 0 Å². The minimum atomic E-state index is -0.532. The maximum absolute atomic E-state index is 13.4. The number of nitrogens with one attached hydrogen (secondary N) is 3. The van der Waals surface area contributed by atoms with Crippen molar-refractivity contribution in [1.82, 2.24) is 10.2 Å². The van der Waals surface area contributed by atoms with E-state index in [1.165, 1.54) is 5.56 Å². The SMILES string of the molecule is N=C(N)c1cccc(NC(C(=O)NC2CCN(Cc3ccccc3)CC2)c2ccccc2)c1. The van der Waals surface area contributed by atoms with Crippen LogP contribution in [-0.4, -0.2) is 35.8 Å². The molecule has 3 aromatic carbocycles. The van der Waals surface area contributed by atoms with E-state index in [4.69, 9.17) is 11.1 Å². The molecule has 1 unspecified atom stereocenters. The number of carbonyl (C=O) groups excluding carboxylic acids is 1. The van der Waals surface area contributed by atoms with E-state index in [9.17, 15) is 4.79 Å². The number of hydrogen-bond acceptors (Lipinski definition) is 4. The highest BCUT2D eigenvalue weighted by molar-refractivity contribution is 5.96. The fraction of sp³-hybridized carbons (Fsp3) is 0.259. The van der Waals surface area contributed by atoms with Gasteiger partial charge in [-0.3, -0.25) is 15.1 Å². The Bertz CT molecular complexity index is 1060. The van der Waals surface area contributed by atoms with Crippen molar-refractivity contribution >= 4 is 17.4 Å². The highest BCUT2D eigenvalue weighted by Crippen LogP contribution is 2.22. The van der Waals surface area contributed by atoms with Crippen molar-refractivity contribution in [2.45, 2.75) is 31.5 Å². The van der Waals surface area contributed by atoms with Gasteiger partial charge in [0.25, 0.3) is 0 Å². The molecule has 0 radical (unpaired) electrons. The van der Waals surface area contributed by atoms with Crippen molar-refractivity contribution in [2.75, 3.05) is 18.4 Å². The summed E-state index contributed by atoms with van der Waals surface area (Å²) < 4.78 is 0. The molecular weight excluding hydrogens is 410 g/mol. The number of nitrogens with two attached hydrogens (primary N) is 1. The Hall–Kier alpha value is -3.64. The maximum atomic E-state index is 13.4. The van der Waals surface area contributed by atoms with E-state index < -0.39 is 6.04 Å². The Balaban J connectivity index is 1.40. The van der Waals surface area contributed by atoms with Crippen LogP contribution in [0.25, 0.3) is 0 Å². The quantitative estimate of drug-likeness (QED) is 0.315. The topological polar surface area (TPSA) is 94.2 Å². The fourth-order valence-corrected chi connectivity index (χ4v) is 4.25. The smallest absolute Gasteiger partial charge is 0.247 e. The Labute approximate surface area is 195 Å². The first kappa shape index (κ1) is 22.6. The molecule has 1 aliphatic rings. The van der Waals surface area contributed by atoms with Gasteiger partial charge in [-0.1, -0.05) is 72.8 Å². The first-order valence-electron chi connectivity index (χ1n) is 11.4. The Morgan fingerprint density at radius 3 is 2.30 bits per heavy atom. The zero-order chi connectivity index (χ0) is 23.0. The number of likely N-dealkylation sites (tertiary alicyclic amines) is 1. The third-order valence-corrected chi connectivity index (χ3v) is 6.06. The first-order valence-corrected chi connectivity index (χ1v) is 11.4. The minimum Gasteiger partial charge on any atom is -0.384 e. The molecule has 0 saturated carbocycles. The molecule has 1 aliphatic heterocycles. The van der Waals surface area contributed by atoms with Crippen LogP contribution in [0.5, 0.6) is 0 Å². The molecule has 1 heterocycles. The summed E-state index contributed by atoms with van der Waals surface area (Å²) in [6.07, 6.45) is 1.86. The van der Waals surface area contributed by atoms with Crippen molar-refractivity contribution < 1.29 is 4.79 Å². The van der Waals surface area contributed by atoms with Crippen LogP contribution in [0.15, 0.2) is 84.9 Å². The molecule has 6 heteroatoms. The van der Waals surface area contributed by atoms with Gasteiger partial charge < -0.3 is 16.4 Å². The summed E-state index contributed by atoms with van der Waals surface area (Å²) in [6, 6.07) is 27.2. The Kier molecular flexibility index (Phi) is 7.37. The van der Waals surface area contributed by atoms with Crippen LogP contribution in [0.1, 0.15) is 35.6 Å². The molecule has 1 saturated heterocycles. The van der Waals surface area contributed by atoms with Gasteiger partial charge in [0.15, 0.2) is 0 Å². The van der Waals surface area contributed by atoms with Crippen LogP contribution >= 0.6 is 0 Å². The molecule has 0 spiro atoms. The van der Waals surface area contributed by atoms with Crippen molar-refractivity contribution in [3.8, 4) is 0 Å². The number of rotatable bonds is 8. The molecule has 0 aliphatic carbocycles. The molecular formula is C27H31N5O. The second kappa shape index (κ2) is 10.8. The first-order chi connectivity index (χ1) is 16.1. The lowest BCUT2D eigenvalue weighted by atomic mass is 10.0. The molecule has 0 bridgehead atoms. The number of carbonyl (C=O) groups is 1. The number of nitrogen functional groups attached to an aromatic ring is 1. The van der Waals surface area contributed by atoms with E-state index >= 15 is 0 Å². The molecule has 170 valence electrons. The van der Waals surface area contributed by atoms with Crippen molar-refractivity contribution in [2.24, 2.45) is 5.73 Å². The molecule has 1 fully saturated rings. The van der Waals surface area contributed by atoms with Crippen LogP contribution in [0.4, 0.5) is 5.69 Å². The standard InChI is InChI=1S/C27H31N5O/c28-26(29)22-12-7-13-24(18-22)30-25(21-10-5-2-6-11-21)27(33)31-23-14-16-32(17-15-23)19-20-8-3-1-4-9-20/h1-13,18,23,25,30H,14-17,19H2,(H3,28,29)(H,31,33). The highest BCUT2D eigenvalue weighted by Gasteiger charge is 2.26. The molecule has 1 amide bonds. The molecule has 4 rings (SSSR count). The average Bonchev–Trinajstić information content (AvgIpc) is 2.85. The Morgan fingerprint density at radius 2 is 1.64 bits per heavy atom. The van der Waals surface area contributed by atoms with Crippen LogP contribution in [0.3, 0.4) is 0 Å². The van der Waals surface area contributed by atoms with E-state index in [1.54, 1.807) is 12.1 Å². The van der Waals surface area contributed by atoms with Crippen LogP contribution < -0.4 is 16.4 Å². The molecule has 3 aromatic rings. The summed E-state index contributed by atoms with van der Waals surface area (Å²) in [4.78, 5) is 15.8. The van der Waals surface area contributed by atoms with Gasteiger partial charge in [-0.15, -0.1) is 0 Å². The van der Waals surface area contributed by atoms with Crippen LogP contribution in [0, 0.1) is 5.41 Å². The van der Waals surface area contributed by atoms with Crippen LogP contribution in [-0.2, 0) is 11.3 Å². The lowest BCUT2D eigenvalue weighted by molar-refractivity contribution is -0.123. The predicted molar refractivity (Wildman–Crippen MR) is 133 cm³/mol. The maximum Gasteiger partial charge on any atom is 0.247 e. The van der Waals surface area contributed by atoms with Gasteiger partial charge in [-0.2, -0.15) is 0 Å². The van der Waals surface area contributed by atoms with E-state index in [2.05, 4.69) is 39.8 Å². The van der Waals surface area contributed by atoms with E-state index in [1.807, 2.05) is 48.5 Å². The largest absolute Gasteiger partial charge is 0.384 e. The highest BCUT2D eigenvalue weighted by atomic mass is 16.2. The summed E-state index contributed by atoms with van der Waals surface area (Å²) in [6.45, 7) is 2.87. The molecule has 33 heavy (non-hydrogen) atoms. The third-order valence-electron chi connectivity index (χ3n) is 6.06. The fourth-order valence-electron chi connectivity index (χ4n) is 4.25. The van der Waals surface area contributed by atoms with Crippen molar-refractivity contribution in [3.63, 3.8) is 0 Å². The summed E-state index contributed by atoms with van der Waals surface area (Å²) in [5.74, 6) is -0.0439. The normalized spacial score (nSPS) is 15.5.